The number of carboxylic acids is 1. The van der Waals surface area contributed by atoms with Crippen LogP contribution in [0.3, 0.4) is 0 Å². The summed E-state index contributed by atoms with van der Waals surface area (Å²) in [5.74, 6) is -2.05. The molecule has 2 aliphatic rings. The van der Waals surface area contributed by atoms with Crippen LogP contribution in [-0.2, 0) is 14.3 Å². The Labute approximate surface area is 204 Å². The largest absolute Gasteiger partial charge is 0.478 e. The number of hydrogen-bond acceptors (Lipinski definition) is 8. The van der Waals surface area contributed by atoms with Crippen molar-refractivity contribution in [3.8, 4) is 0 Å². The van der Waals surface area contributed by atoms with Crippen molar-refractivity contribution in [1.29, 1.82) is 0 Å². The van der Waals surface area contributed by atoms with Gasteiger partial charge in [-0.15, -0.1) is 0 Å². The van der Waals surface area contributed by atoms with E-state index in [0.29, 0.717) is 27.1 Å². The molecule has 2 aromatic rings. The minimum Gasteiger partial charge on any atom is -0.478 e. The summed E-state index contributed by atoms with van der Waals surface area (Å²) < 4.78 is 5.25. The lowest BCUT2D eigenvalue weighted by atomic mass is 9.94. The van der Waals surface area contributed by atoms with Crippen LogP contribution in [0.25, 0.3) is 0 Å². The topological polar surface area (TPSA) is 121 Å². The number of benzene rings is 2. The molecule has 0 bridgehead atoms. The van der Waals surface area contributed by atoms with Gasteiger partial charge in [0.15, 0.2) is 10.2 Å². The molecule has 0 saturated carbocycles. The lowest BCUT2D eigenvalue weighted by Gasteiger charge is -2.32. The number of aliphatic imine (C=N–C) groups is 1. The van der Waals surface area contributed by atoms with Gasteiger partial charge in [-0.05, 0) is 67.6 Å². The second kappa shape index (κ2) is 9.70. The summed E-state index contributed by atoms with van der Waals surface area (Å²) in [5.41, 5.74) is 4.73. The van der Waals surface area contributed by atoms with E-state index in [4.69, 9.17) is 21.4 Å². The van der Waals surface area contributed by atoms with Crippen LogP contribution in [-0.4, -0.2) is 44.7 Å². The third-order valence-corrected chi connectivity index (χ3v) is 6.22. The van der Waals surface area contributed by atoms with Crippen molar-refractivity contribution in [2.24, 2.45) is 10.1 Å². The lowest BCUT2D eigenvalue weighted by molar-refractivity contribution is -0.139. The summed E-state index contributed by atoms with van der Waals surface area (Å²) in [6, 6.07) is 12.1. The van der Waals surface area contributed by atoms with E-state index < -0.39 is 23.9 Å². The fourth-order valence-electron chi connectivity index (χ4n) is 3.54. The van der Waals surface area contributed by atoms with Gasteiger partial charge in [0.25, 0.3) is 5.91 Å². The van der Waals surface area contributed by atoms with Crippen LogP contribution in [0.1, 0.15) is 35.8 Å². The van der Waals surface area contributed by atoms with Crippen molar-refractivity contribution in [2.75, 3.05) is 12.0 Å². The van der Waals surface area contributed by atoms with Gasteiger partial charge in [-0.2, -0.15) is 5.10 Å². The van der Waals surface area contributed by atoms with Crippen LogP contribution in [0, 0.1) is 0 Å². The number of allylic oxidation sites excluding steroid dienone is 1. The number of hydrogen-bond donors (Lipinski definition) is 2. The van der Waals surface area contributed by atoms with Crippen LogP contribution < -0.4 is 5.43 Å². The van der Waals surface area contributed by atoms with Gasteiger partial charge in [0.1, 0.15) is 0 Å². The number of nitrogens with zero attached hydrogens (tertiary/aromatic N) is 3. The summed E-state index contributed by atoms with van der Waals surface area (Å²) in [7, 11) is 0. The van der Waals surface area contributed by atoms with Crippen LogP contribution in [0.15, 0.2) is 69.9 Å². The van der Waals surface area contributed by atoms with Crippen molar-refractivity contribution in [2.45, 2.75) is 19.9 Å². The molecule has 2 N–H and O–H groups in total. The first-order valence-corrected chi connectivity index (χ1v) is 11.4. The Morgan fingerprint density at radius 2 is 2.00 bits per heavy atom. The number of aromatic carboxylic acids is 1. The van der Waals surface area contributed by atoms with Gasteiger partial charge in [-0.3, -0.25) is 15.1 Å². The first kappa shape index (κ1) is 23.5. The number of carbonyl (C=O) groups excluding carboxylic acids is 2. The summed E-state index contributed by atoms with van der Waals surface area (Å²) in [4.78, 5) is 43.1. The fourth-order valence-corrected chi connectivity index (χ4v) is 4.66. The number of halogens is 1. The minimum atomic E-state index is -1.04. The molecule has 1 saturated heterocycles. The van der Waals surface area contributed by atoms with Gasteiger partial charge in [0.2, 0.25) is 0 Å². The molecule has 34 heavy (non-hydrogen) atoms. The highest BCUT2D eigenvalue weighted by Crippen LogP contribution is 2.42. The highest BCUT2D eigenvalue weighted by atomic mass is 35.5. The molecular formula is C23H19ClN4O5S. The molecule has 1 amide bonds. The Kier molecular flexibility index (Phi) is 6.71. The fraction of sp³-hybridized carbons (Fsp3) is 0.174. The molecule has 2 aliphatic heterocycles. The summed E-state index contributed by atoms with van der Waals surface area (Å²) >= 11 is 7.27. The summed E-state index contributed by atoms with van der Waals surface area (Å²) in [6.07, 6.45) is 0. The smallest absolute Gasteiger partial charge is 0.338 e. The molecule has 11 heteroatoms. The van der Waals surface area contributed by atoms with Crippen LogP contribution in [0.5, 0.6) is 0 Å². The molecule has 4 rings (SSSR count). The van der Waals surface area contributed by atoms with E-state index in [-0.39, 0.29) is 22.8 Å². The number of ether oxygens (including phenoxy) is 1. The molecule has 0 radical (unpaired) electrons. The van der Waals surface area contributed by atoms with Gasteiger partial charge in [0, 0.05) is 5.02 Å². The second-order valence-electron chi connectivity index (χ2n) is 7.26. The number of thioether (sulfide) groups is 1. The van der Waals surface area contributed by atoms with Crippen molar-refractivity contribution in [3.63, 3.8) is 0 Å². The molecule has 0 aromatic heterocycles. The molecule has 1 unspecified atom stereocenters. The molecule has 2 aromatic carbocycles. The predicted octanol–water partition coefficient (Wildman–Crippen LogP) is 4.29. The Morgan fingerprint density at radius 3 is 2.65 bits per heavy atom. The Balaban J connectivity index is 1.68. The average molecular weight is 499 g/mol. The van der Waals surface area contributed by atoms with E-state index >= 15 is 0 Å². The van der Waals surface area contributed by atoms with Gasteiger partial charge in [-0.25, -0.2) is 14.6 Å². The number of amides is 1. The SMILES string of the molecule is CCOC(=O)C1=C(C)N=C2SC(=NNc3ccc(C(=O)O)cc3)C(=O)N2C1c1cccc(Cl)c1. The molecule has 2 heterocycles. The molecule has 1 atom stereocenters. The maximum atomic E-state index is 13.4. The molecule has 1 fully saturated rings. The van der Waals surface area contributed by atoms with E-state index in [2.05, 4.69) is 15.5 Å². The van der Waals surface area contributed by atoms with Gasteiger partial charge < -0.3 is 9.84 Å². The van der Waals surface area contributed by atoms with E-state index in [1.165, 1.54) is 17.0 Å². The number of hydrazone groups is 1. The number of fused-ring (bicyclic) bond motifs is 1. The Hall–Kier alpha value is -3.63. The van der Waals surface area contributed by atoms with Crippen molar-refractivity contribution in [1.82, 2.24) is 4.90 Å². The maximum absolute atomic E-state index is 13.4. The standard InChI is InChI=1S/C23H19ClN4O5S/c1-3-33-22(32)17-12(2)25-23-28(18(17)14-5-4-6-15(24)11-14)20(29)19(34-23)27-26-16-9-7-13(8-10-16)21(30)31/h4-11,18,26H,3H2,1-2H3,(H,30,31). The summed E-state index contributed by atoms with van der Waals surface area (Å²) in [5, 5.41) is 14.2. The zero-order chi connectivity index (χ0) is 24.4. The number of carboxylic acid groups (broad SMARTS) is 1. The average Bonchev–Trinajstić information content (AvgIpc) is 3.11. The van der Waals surface area contributed by atoms with Crippen LogP contribution in [0.2, 0.25) is 5.02 Å². The number of carbonyl (C=O) groups is 3. The maximum Gasteiger partial charge on any atom is 0.338 e. The molecule has 0 spiro atoms. The third kappa shape index (κ3) is 4.55. The van der Waals surface area contributed by atoms with Crippen molar-refractivity contribution < 1.29 is 24.2 Å². The Bertz CT molecular complexity index is 1270. The molecule has 174 valence electrons. The lowest BCUT2D eigenvalue weighted by Crippen LogP contribution is -2.40. The highest BCUT2D eigenvalue weighted by Gasteiger charge is 2.46. The second-order valence-corrected chi connectivity index (χ2v) is 8.65. The molecule has 0 aliphatic carbocycles. The predicted molar refractivity (Wildman–Crippen MR) is 130 cm³/mol. The van der Waals surface area contributed by atoms with Gasteiger partial charge in [0.05, 0.1) is 35.2 Å². The molecular weight excluding hydrogens is 480 g/mol. The van der Waals surface area contributed by atoms with Gasteiger partial charge in [-0.1, -0.05) is 23.7 Å². The van der Waals surface area contributed by atoms with Gasteiger partial charge >= 0.3 is 11.9 Å². The quantitative estimate of drug-likeness (QED) is 0.450. The van der Waals surface area contributed by atoms with E-state index in [9.17, 15) is 14.4 Å². The van der Waals surface area contributed by atoms with Crippen molar-refractivity contribution >= 4 is 57.1 Å². The third-order valence-electron chi connectivity index (χ3n) is 5.06. The first-order valence-electron chi connectivity index (χ1n) is 10.2. The monoisotopic (exact) mass is 498 g/mol. The minimum absolute atomic E-state index is 0.117. The summed E-state index contributed by atoms with van der Waals surface area (Å²) in [6.45, 7) is 3.57. The molecule has 9 nitrogen and oxygen atoms in total. The zero-order valence-corrected chi connectivity index (χ0v) is 19.7. The number of rotatable bonds is 6. The zero-order valence-electron chi connectivity index (χ0n) is 18.1. The van der Waals surface area contributed by atoms with Crippen LogP contribution >= 0.6 is 23.4 Å². The van der Waals surface area contributed by atoms with E-state index in [1.807, 2.05) is 0 Å². The van der Waals surface area contributed by atoms with E-state index in [1.54, 1.807) is 50.2 Å². The van der Waals surface area contributed by atoms with Crippen LogP contribution in [0.4, 0.5) is 5.69 Å². The van der Waals surface area contributed by atoms with E-state index in [0.717, 1.165) is 11.8 Å². The highest BCUT2D eigenvalue weighted by molar-refractivity contribution is 8.29. The number of nitrogens with one attached hydrogen (secondary N) is 1. The first-order chi connectivity index (χ1) is 16.3. The number of anilines is 1. The number of esters is 1. The number of amidine groups is 1. The normalized spacial score (nSPS) is 18.6. The van der Waals surface area contributed by atoms with Crippen molar-refractivity contribution in [3.05, 3.63) is 76.0 Å². The Morgan fingerprint density at radius 1 is 1.26 bits per heavy atom.